The van der Waals surface area contributed by atoms with Crippen molar-refractivity contribution in [3.63, 3.8) is 0 Å². The van der Waals surface area contributed by atoms with E-state index in [1.165, 1.54) is 31.2 Å². The van der Waals surface area contributed by atoms with E-state index in [1.807, 2.05) is 12.1 Å². The summed E-state index contributed by atoms with van der Waals surface area (Å²) >= 11 is 2.14. The molecular formula is C15H23NS. The summed E-state index contributed by atoms with van der Waals surface area (Å²) in [5.74, 6) is 0.917. The summed E-state index contributed by atoms with van der Waals surface area (Å²) in [5.41, 5.74) is 7.99. The van der Waals surface area contributed by atoms with E-state index in [1.54, 1.807) is 0 Å². The first kappa shape index (κ1) is 12.8. The number of thioether (sulfide) groups is 1. The van der Waals surface area contributed by atoms with E-state index in [9.17, 15) is 0 Å². The van der Waals surface area contributed by atoms with Gasteiger partial charge in [0.2, 0.25) is 0 Å². The second kappa shape index (κ2) is 5.81. The SMILES string of the molecule is CC1CCCC(SC(C)c2ccc(N)cc2)C1. The van der Waals surface area contributed by atoms with Crippen LogP contribution >= 0.6 is 11.8 Å². The van der Waals surface area contributed by atoms with Crippen LogP contribution in [0.25, 0.3) is 0 Å². The Hall–Kier alpha value is -0.630. The van der Waals surface area contributed by atoms with Crippen LogP contribution in [0.2, 0.25) is 0 Å². The molecule has 1 fully saturated rings. The van der Waals surface area contributed by atoms with Crippen LogP contribution in [0.4, 0.5) is 5.69 Å². The maximum atomic E-state index is 5.72. The van der Waals surface area contributed by atoms with Gasteiger partial charge in [0.25, 0.3) is 0 Å². The average molecular weight is 249 g/mol. The molecule has 1 saturated carbocycles. The van der Waals surface area contributed by atoms with Gasteiger partial charge in [0, 0.05) is 16.2 Å². The normalized spacial score (nSPS) is 26.7. The van der Waals surface area contributed by atoms with E-state index in [4.69, 9.17) is 5.73 Å². The van der Waals surface area contributed by atoms with Crippen LogP contribution in [-0.2, 0) is 0 Å². The minimum atomic E-state index is 0.589. The van der Waals surface area contributed by atoms with E-state index in [0.29, 0.717) is 5.25 Å². The van der Waals surface area contributed by atoms with Gasteiger partial charge in [-0.05, 0) is 43.4 Å². The fourth-order valence-electron chi connectivity index (χ4n) is 2.64. The van der Waals surface area contributed by atoms with Gasteiger partial charge in [-0.1, -0.05) is 31.9 Å². The third kappa shape index (κ3) is 3.67. The summed E-state index contributed by atoms with van der Waals surface area (Å²) in [6, 6.07) is 8.35. The van der Waals surface area contributed by atoms with Crippen molar-refractivity contribution in [1.29, 1.82) is 0 Å². The van der Waals surface area contributed by atoms with E-state index in [2.05, 4.69) is 37.7 Å². The quantitative estimate of drug-likeness (QED) is 0.790. The predicted octanol–water partition coefficient (Wildman–Crippen LogP) is 4.64. The molecule has 0 bridgehead atoms. The van der Waals surface area contributed by atoms with Gasteiger partial charge in [0.1, 0.15) is 0 Å². The summed E-state index contributed by atoms with van der Waals surface area (Å²) in [6.45, 7) is 4.70. The molecule has 0 heterocycles. The smallest absolute Gasteiger partial charge is 0.0314 e. The third-order valence-corrected chi connectivity index (χ3v) is 5.18. The highest BCUT2D eigenvalue weighted by atomic mass is 32.2. The Morgan fingerprint density at radius 1 is 1.24 bits per heavy atom. The molecule has 2 N–H and O–H groups in total. The molecule has 0 saturated heterocycles. The van der Waals surface area contributed by atoms with Crippen molar-refractivity contribution < 1.29 is 0 Å². The van der Waals surface area contributed by atoms with Gasteiger partial charge in [-0.2, -0.15) is 11.8 Å². The molecule has 1 nitrogen and oxygen atoms in total. The molecule has 2 rings (SSSR count). The molecule has 2 heteroatoms. The van der Waals surface area contributed by atoms with Gasteiger partial charge in [0.15, 0.2) is 0 Å². The van der Waals surface area contributed by atoms with Crippen molar-refractivity contribution in [3.8, 4) is 0 Å². The van der Waals surface area contributed by atoms with E-state index >= 15 is 0 Å². The van der Waals surface area contributed by atoms with Crippen molar-refractivity contribution in [2.24, 2.45) is 5.92 Å². The Bertz CT molecular complexity index is 346. The monoisotopic (exact) mass is 249 g/mol. The lowest BCUT2D eigenvalue weighted by Crippen LogP contribution is -2.16. The number of nitrogen functional groups attached to an aromatic ring is 1. The molecule has 0 radical (unpaired) electrons. The number of rotatable bonds is 3. The van der Waals surface area contributed by atoms with E-state index in [-0.39, 0.29) is 0 Å². The molecular weight excluding hydrogens is 226 g/mol. The lowest BCUT2D eigenvalue weighted by atomic mass is 9.91. The minimum Gasteiger partial charge on any atom is -0.399 e. The molecule has 17 heavy (non-hydrogen) atoms. The Morgan fingerprint density at radius 2 is 1.94 bits per heavy atom. The Morgan fingerprint density at radius 3 is 2.59 bits per heavy atom. The molecule has 1 aliphatic carbocycles. The summed E-state index contributed by atoms with van der Waals surface area (Å²) < 4.78 is 0. The second-order valence-corrected chi connectivity index (χ2v) is 6.98. The van der Waals surface area contributed by atoms with Crippen LogP contribution in [0.1, 0.15) is 50.3 Å². The molecule has 0 aliphatic heterocycles. The number of hydrogen-bond donors (Lipinski definition) is 1. The van der Waals surface area contributed by atoms with Crippen LogP contribution in [0, 0.1) is 5.92 Å². The molecule has 3 unspecified atom stereocenters. The van der Waals surface area contributed by atoms with Crippen LogP contribution in [-0.4, -0.2) is 5.25 Å². The third-order valence-electron chi connectivity index (χ3n) is 3.69. The fourth-order valence-corrected chi connectivity index (χ4v) is 4.27. The van der Waals surface area contributed by atoms with E-state index < -0.39 is 0 Å². The zero-order valence-electron chi connectivity index (χ0n) is 10.9. The zero-order valence-corrected chi connectivity index (χ0v) is 11.7. The molecule has 3 atom stereocenters. The molecule has 0 spiro atoms. The largest absolute Gasteiger partial charge is 0.399 e. The number of hydrogen-bond acceptors (Lipinski definition) is 2. The van der Waals surface area contributed by atoms with Gasteiger partial charge >= 0.3 is 0 Å². The van der Waals surface area contributed by atoms with Crippen LogP contribution < -0.4 is 5.73 Å². The highest BCUT2D eigenvalue weighted by molar-refractivity contribution is 8.00. The lowest BCUT2D eigenvalue weighted by molar-refractivity contribution is 0.394. The maximum absolute atomic E-state index is 5.72. The van der Waals surface area contributed by atoms with Crippen molar-refractivity contribution in [2.45, 2.75) is 50.0 Å². The summed E-state index contributed by atoms with van der Waals surface area (Å²) in [5, 5.41) is 1.44. The van der Waals surface area contributed by atoms with Crippen LogP contribution in [0.5, 0.6) is 0 Å². The Kier molecular flexibility index (Phi) is 4.38. The van der Waals surface area contributed by atoms with Crippen molar-refractivity contribution in [1.82, 2.24) is 0 Å². The van der Waals surface area contributed by atoms with E-state index in [0.717, 1.165) is 16.9 Å². The number of benzene rings is 1. The Balaban J connectivity index is 1.91. The lowest BCUT2D eigenvalue weighted by Gasteiger charge is -2.28. The standard InChI is InChI=1S/C15H23NS/c1-11-4-3-5-15(10-11)17-12(2)13-6-8-14(16)9-7-13/h6-9,11-12,15H,3-5,10,16H2,1-2H3. The predicted molar refractivity (Wildman–Crippen MR) is 78.3 cm³/mol. The second-order valence-electron chi connectivity index (χ2n) is 5.34. The van der Waals surface area contributed by atoms with Crippen molar-refractivity contribution in [3.05, 3.63) is 29.8 Å². The molecule has 1 aromatic rings. The summed E-state index contributed by atoms with van der Waals surface area (Å²) in [7, 11) is 0. The molecule has 0 aromatic heterocycles. The highest BCUT2D eigenvalue weighted by Crippen LogP contribution is 2.39. The molecule has 0 amide bonds. The van der Waals surface area contributed by atoms with Crippen LogP contribution in [0.15, 0.2) is 24.3 Å². The first-order valence-corrected chi connectivity index (χ1v) is 7.60. The minimum absolute atomic E-state index is 0.589. The topological polar surface area (TPSA) is 26.0 Å². The van der Waals surface area contributed by atoms with Gasteiger partial charge in [-0.3, -0.25) is 0 Å². The zero-order chi connectivity index (χ0) is 12.3. The summed E-state index contributed by atoms with van der Waals surface area (Å²) in [6.07, 6.45) is 5.62. The fraction of sp³-hybridized carbons (Fsp3) is 0.600. The van der Waals surface area contributed by atoms with Gasteiger partial charge in [0.05, 0.1) is 0 Å². The van der Waals surface area contributed by atoms with Gasteiger partial charge < -0.3 is 5.73 Å². The Labute approximate surface area is 109 Å². The van der Waals surface area contributed by atoms with Gasteiger partial charge in [-0.25, -0.2) is 0 Å². The molecule has 1 aromatic carbocycles. The maximum Gasteiger partial charge on any atom is 0.0314 e. The number of nitrogens with two attached hydrogens (primary N) is 1. The average Bonchev–Trinajstić information content (AvgIpc) is 2.29. The highest BCUT2D eigenvalue weighted by Gasteiger charge is 2.21. The van der Waals surface area contributed by atoms with Gasteiger partial charge in [-0.15, -0.1) is 0 Å². The first-order valence-electron chi connectivity index (χ1n) is 6.66. The molecule has 94 valence electrons. The van der Waals surface area contributed by atoms with Crippen molar-refractivity contribution >= 4 is 17.4 Å². The summed E-state index contributed by atoms with van der Waals surface area (Å²) in [4.78, 5) is 0. The van der Waals surface area contributed by atoms with Crippen LogP contribution in [0.3, 0.4) is 0 Å². The number of anilines is 1. The molecule has 1 aliphatic rings. The first-order chi connectivity index (χ1) is 8.15. The van der Waals surface area contributed by atoms with Crippen molar-refractivity contribution in [2.75, 3.05) is 5.73 Å².